The van der Waals surface area contributed by atoms with Gasteiger partial charge in [-0.25, -0.2) is 4.39 Å². The zero-order chi connectivity index (χ0) is 33.8. The summed E-state index contributed by atoms with van der Waals surface area (Å²) in [6.07, 6.45) is 0. The van der Waals surface area contributed by atoms with Gasteiger partial charge in [0.05, 0.1) is 0 Å². The number of benzene rings is 2. The third kappa shape index (κ3) is 13.0. The Morgan fingerprint density at radius 1 is 0.372 bits per heavy atom. The van der Waals surface area contributed by atoms with E-state index in [1.54, 1.807) is 12.1 Å². The zero-order valence-electron chi connectivity index (χ0n) is 31.1. The van der Waals surface area contributed by atoms with Gasteiger partial charge in [0.1, 0.15) is 5.82 Å². The quantitative estimate of drug-likeness (QED) is 0.254. The lowest BCUT2D eigenvalue weighted by molar-refractivity contribution is 0.531. The number of nitrogens with zero attached hydrogens (tertiary/aromatic N) is 1. The summed E-state index contributed by atoms with van der Waals surface area (Å²) in [5, 5.41) is 0. The van der Waals surface area contributed by atoms with Crippen LogP contribution in [-0.2, 0) is 32.5 Å². The standard InChI is InChI=1S/C14H21F.C14H22.C13H21N/c1-13(2,3)10-7-11(14(4,5)6)9-12(15)8-10;1-13(2,3)11-8-7-9-12(10-11)14(4,5)6;1-12(2,3)10-8-7-9-11(14-10)13(4,5)6/h7-9H,1-6H3;7-10H,1-6H3;7-9H,1-6H3. The maximum Gasteiger partial charge on any atom is 0.123 e. The molecule has 0 bridgehead atoms. The van der Waals surface area contributed by atoms with Gasteiger partial charge in [0, 0.05) is 22.2 Å². The van der Waals surface area contributed by atoms with Gasteiger partial charge in [0.2, 0.25) is 0 Å². The molecule has 0 aliphatic heterocycles. The minimum atomic E-state index is -0.132. The molecule has 0 amide bonds. The molecule has 43 heavy (non-hydrogen) atoms. The second-order valence-electron chi connectivity index (χ2n) is 18.2. The summed E-state index contributed by atoms with van der Waals surface area (Å²) in [5.41, 5.74) is 8.10. The van der Waals surface area contributed by atoms with Gasteiger partial charge in [-0.05, 0) is 68.2 Å². The van der Waals surface area contributed by atoms with Crippen LogP contribution in [0, 0.1) is 5.82 Å². The third-order valence-corrected chi connectivity index (χ3v) is 7.51. The molecule has 2 heteroatoms. The first-order valence-electron chi connectivity index (χ1n) is 15.9. The summed E-state index contributed by atoms with van der Waals surface area (Å²) in [4.78, 5) is 4.72. The van der Waals surface area contributed by atoms with E-state index in [9.17, 15) is 4.39 Å². The Balaban J connectivity index is 0.000000323. The highest BCUT2D eigenvalue weighted by molar-refractivity contribution is 5.34. The molecule has 0 N–H and O–H groups in total. The molecule has 0 saturated heterocycles. The molecule has 1 nitrogen and oxygen atoms in total. The average molecular weight is 590 g/mol. The molecule has 240 valence electrons. The maximum atomic E-state index is 13.5. The van der Waals surface area contributed by atoms with Crippen LogP contribution in [0.25, 0.3) is 0 Å². The summed E-state index contributed by atoms with van der Waals surface area (Å²) in [6.45, 7) is 39.4. The van der Waals surface area contributed by atoms with Crippen molar-refractivity contribution in [2.75, 3.05) is 0 Å². The van der Waals surface area contributed by atoms with Crippen molar-refractivity contribution >= 4 is 0 Å². The maximum absolute atomic E-state index is 13.5. The van der Waals surface area contributed by atoms with Crippen LogP contribution in [0.4, 0.5) is 4.39 Å². The van der Waals surface area contributed by atoms with Gasteiger partial charge in [-0.1, -0.05) is 161 Å². The largest absolute Gasteiger partial charge is 0.257 e. The molecule has 1 aromatic heterocycles. The monoisotopic (exact) mass is 590 g/mol. The molecule has 0 unspecified atom stereocenters. The Bertz CT molecular complexity index is 1150. The van der Waals surface area contributed by atoms with E-state index in [-0.39, 0.29) is 38.3 Å². The topological polar surface area (TPSA) is 12.9 Å². The smallest absolute Gasteiger partial charge is 0.123 e. The van der Waals surface area contributed by atoms with E-state index in [2.05, 4.69) is 173 Å². The number of aromatic nitrogens is 1. The summed E-state index contributed by atoms with van der Waals surface area (Å²) in [5.74, 6) is -0.132. The Hall–Kier alpha value is -2.48. The van der Waals surface area contributed by atoms with Crippen molar-refractivity contribution < 1.29 is 4.39 Å². The van der Waals surface area contributed by atoms with Gasteiger partial charge in [-0.2, -0.15) is 0 Å². The van der Waals surface area contributed by atoms with E-state index in [1.807, 2.05) is 0 Å². The summed E-state index contributed by atoms with van der Waals surface area (Å²) in [6, 6.07) is 20.6. The normalized spacial score (nSPS) is 13.0. The molecule has 0 fully saturated rings. The van der Waals surface area contributed by atoms with E-state index in [0.717, 1.165) is 11.1 Å². The highest BCUT2D eigenvalue weighted by Gasteiger charge is 2.22. The fraction of sp³-hybridized carbons (Fsp3) is 0.585. The van der Waals surface area contributed by atoms with Crippen LogP contribution in [0.1, 0.15) is 158 Å². The molecular weight excluding hydrogens is 525 g/mol. The van der Waals surface area contributed by atoms with Crippen molar-refractivity contribution in [2.45, 2.75) is 157 Å². The van der Waals surface area contributed by atoms with Crippen molar-refractivity contribution in [2.24, 2.45) is 0 Å². The van der Waals surface area contributed by atoms with Crippen molar-refractivity contribution in [3.63, 3.8) is 0 Å². The average Bonchev–Trinajstić information content (AvgIpc) is 2.81. The van der Waals surface area contributed by atoms with Gasteiger partial charge in [-0.15, -0.1) is 0 Å². The van der Waals surface area contributed by atoms with E-state index in [4.69, 9.17) is 4.98 Å². The molecular formula is C41H64FN. The second-order valence-corrected chi connectivity index (χ2v) is 18.2. The predicted octanol–water partition coefficient (Wildman–Crippen LogP) is 12.4. The Morgan fingerprint density at radius 3 is 0.930 bits per heavy atom. The molecule has 3 rings (SSSR count). The van der Waals surface area contributed by atoms with E-state index >= 15 is 0 Å². The van der Waals surface area contributed by atoms with Crippen LogP contribution >= 0.6 is 0 Å². The highest BCUT2D eigenvalue weighted by atomic mass is 19.1. The zero-order valence-corrected chi connectivity index (χ0v) is 31.1. The van der Waals surface area contributed by atoms with Gasteiger partial charge in [-0.3, -0.25) is 4.98 Å². The Kier molecular flexibility index (Phi) is 12.2. The van der Waals surface area contributed by atoms with Crippen LogP contribution in [0.3, 0.4) is 0 Å². The first-order valence-corrected chi connectivity index (χ1v) is 15.9. The first-order chi connectivity index (χ1) is 19.0. The fourth-order valence-corrected chi connectivity index (χ4v) is 4.18. The molecule has 0 spiro atoms. The lowest BCUT2D eigenvalue weighted by atomic mass is 9.81. The highest BCUT2D eigenvalue weighted by Crippen LogP contribution is 2.30. The number of halogens is 1. The third-order valence-electron chi connectivity index (χ3n) is 7.51. The number of pyridine rings is 1. The van der Waals surface area contributed by atoms with Gasteiger partial charge < -0.3 is 0 Å². The first kappa shape index (κ1) is 38.5. The lowest BCUT2D eigenvalue weighted by Crippen LogP contribution is -2.19. The SMILES string of the molecule is CC(C)(C)c1cc(F)cc(C(C)(C)C)c1.CC(C)(C)c1cccc(C(C)(C)C)c1.CC(C)(C)c1cccc(C(C)(C)C)n1. The van der Waals surface area contributed by atoms with Crippen LogP contribution in [0.5, 0.6) is 0 Å². The molecule has 1 heterocycles. The number of rotatable bonds is 0. The van der Waals surface area contributed by atoms with Gasteiger partial charge in [0.25, 0.3) is 0 Å². The second kappa shape index (κ2) is 13.7. The summed E-state index contributed by atoms with van der Waals surface area (Å²) >= 11 is 0. The molecule has 3 aromatic rings. The van der Waals surface area contributed by atoms with E-state index in [0.29, 0.717) is 0 Å². The molecule has 0 radical (unpaired) electrons. The van der Waals surface area contributed by atoms with Crippen LogP contribution in [0.15, 0.2) is 60.7 Å². The lowest BCUT2D eigenvalue weighted by Gasteiger charge is -2.24. The number of hydrogen-bond donors (Lipinski definition) is 0. The van der Waals surface area contributed by atoms with Gasteiger partial charge >= 0.3 is 0 Å². The molecule has 0 aliphatic carbocycles. The summed E-state index contributed by atoms with van der Waals surface area (Å²) < 4.78 is 13.5. The summed E-state index contributed by atoms with van der Waals surface area (Å²) in [7, 11) is 0. The molecule has 0 aliphatic rings. The van der Waals surface area contributed by atoms with Crippen molar-refractivity contribution in [1.82, 2.24) is 4.98 Å². The molecule has 0 saturated carbocycles. The van der Waals surface area contributed by atoms with E-state index in [1.165, 1.54) is 22.5 Å². The van der Waals surface area contributed by atoms with Crippen LogP contribution in [0.2, 0.25) is 0 Å². The van der Waals surface area contributed by atoms with Crippen molar-refractivity contribution in [3.05, 3.63) is 100 Å². The molecule has 2 aromatic carbocycles. The van der Waals surface area contributed by atoms with Gasteiger partial charge in [0.15, 0.2) is 0 Å². The van der Waals surface area contributed by atoms with E-state index < -0.39 is 0 Å². The predicted molar refractivity (Wildman–Crippen MR) is 189 cm³/mol. The Labute approximate surface area is 266 Å². The fourth-order valence-electron chi connectivity index (χ4n) is 4.18. The van der Waals surface area contributed by atoms with Crippen LogP contribution < -0.4 is 0 Å². The molecule has 0 atom stereocenters. The van der Waals surface area contributed by atoms with Crippen molar-refractivity contribution in [3.8, 4) is 0 Å². The minimum absolute atomic E-state index is 0.00208. The minimum Gasteiger partial charge on any atom is -0.257 e. The number of hydrogen-bond acceptors (Lipinski definition) is 1. The van der Waals surface area contributed by atoms with Crippen molar-refractivity contribution in [1.29, 1.82) is 0 Å². The Morgan fingerprint density at radius 2 is 0.651 bits per heavy atom. The van der Waals surface area contributed by atoms with Crippen LogP contribution in [-0.4, -0.2) is 4.98 Å².